The molecule has 0 radical (unpaired) electrons. The second-order valence-electron chi connectivity index (χ2n) is 4.64. The van der Waals surface area contributed by atoms with Crippen LogP contribution in [-0.2, 0) is 22.5 Å². The lowest BCUT2D eigenvalue weighted by atomic mass is 9.98. The normalized spacial score (nSPS) is 28.0. The van der Waals surface area contributed by atoms with Crippen molar-refractivity contribution in [2.24, 2.45) is 5.92 Å². The molecular formula is C11H15N3O3. The summed E-state index contributed by atoms with van der Waals surface area (Å²) in [6.45, 7) is 1.41. The first-order valence-corrected chi connectivity index (χ1v) is 6.02. The molecule has 2 unspecified atom stereocenters. The van der Waals surface area contributed by atoms with E-state index in [0.29, 0.717) is 19.4 Å². The molecule has 0 aliphatic carbocycles. The van der Waals surface area contributed by atoms with Gasteiger partial charge in [0.05, 0.1) is 5.92 Å². The van der Waals surface area contributed by atoms with Gasteiger partial charge in [-0.2, -0.15) is 5.10 Å². The molecule has 0 saturated carbocycles. The van der Waals surface area contributed by atoms with Gasteiger partial charge in [0.15, 0.2) is 5.82 Å². The Bertz CT molecular complexity index is 437. The number of carboxylic acids is 1. The maximum atomic E-state index is 10.9. The molecule has 1 aromatic rings. The molecule has 0 amide bonds. The van der Waals surface area contributed by atoms with Crippen LogP contribution in [0.5, 0.6) is 0 Å². The lowest BCUT2D eigenvalue weighted by Crippen LogP contribution is -2.26. The van der Waals surface area contributed by atoms with E-state index in [-0.39, 0.29) is 12.0 Å². The molecule has 3 heterocycles. The summed E-state index contributed by atoms with van der Waals surface area (Å²) in [5.41, 5.74) is 0. The summed E-state index contributed by atoms with van der Waals surface area (Å²) in [6.07, 6.45) is 3.14. The molecule has 0 spiro atoms. The van der Waals surface area contributed by atoms with Crippen molar-refractivity contribution in [2.75, 3.05) is 6.61 Å². The highest BCUT2D eigenvalue weighted by atomic mass is 16.5. The molecule has 1 aromatic heterocycles. The Morgan fingerprint density at radius 1 is 1.47 bits per heavy atom. The topological polar surface area (TPSA) is 77.2 Å². The largest absolute Gasteiger partial charge is 0.481 e. The van der Waals surface area contributed by atoms with Gasteiger partial charge in [-0.15, -0.1) is 0 Å². The van der Waals surface area contributed by atoms with Gasteiger partial charge in [0, 0.05) is 19.6 Å². The van der Waals surface area contributed by atoms with Crippen LogP contribution < -0.4 is 0 Å². The first-order chi connectivity index (χ1) is 8.24. The van der Waals surface area contributed by atoms with E-state index >= 15 is 0 Å². The number of hydrogen-bond acceptors (Lipinski definition) is 4. The third-order valence-corrected chi connectivity index (χ3v) is 3.45. The zero-order valence-electron chi connectivity index (χ0n) is 9.50. The molecule has 0 bridgehead atoms. The van der Waals surface area contributed by atoms with Gasteiger partial charge in [0.2, 0.25) is 0 Å². The molecular weight excluding hydrogens is 222 g/mol. The van der Waals surface area contributed by atoms with E-state index < -0.39 is 5.97 Å². The molecule has 0 aromatic carbocycles. The fraction of sp³-hybridized carbons (Fsp3) is 0.727. The number of nitrogens with zero attached hydrogens (tertiary/aromatic N) is 3. The summed E-state index contributed by atoms with van der Waals surface area (Å²) in [7, 11) is 0. The van der Waals surface area contributed by atoms with Gasteiger partial charge >= 0.3 is 5.97 Å². The fourth-order valence-electron chi connectivity index (χ4n) is 2.45. The molecule has 1 N–H and O–H groups in total. The Labute approximate surface area is 98.6 Å². The van der Waals surface area contributed by atoms with Crippen LogP contribution in [0, 0.1) is 5.92 Å². The summed E-state index contributed by atoms with van der Waals surface area (Å²) < 4.78 is 7.37. The number of rotatable bonds is 2. The first kappa shape index (κ1) is 10.7. The highest BCUT2D eigenvalue weighted by molar-refractivity contribution is 5.70. The molecule has 2 aliphatic rings. The fourth-order valence-corrected chi connectivity index (χ4v) is 2.45. The van der Waals surface area contributed by atoms with Crippen molar-refractivity contribution < 1.29 is 14.6 Å². The molecule has 2 atom stereocenters. The Morgan fingerprint density at radius 3 is 3.06 bits per heavy atom. The van der Waals surface area contributed by atoms with Crippen LogP contribution in [0.4, 0.5) is 0 Å². The third-order valence-electron chi connectivity index (χ3n) is 3.45. The van der Waals surface area contributed by atoms with E-state index in [9.17, 15) is 4.79 Å². The van der Waals surface area contributed by atoms with Crippen molar-refractivity contribution in [3.05, 3.63) is 11.6 Å². The SMILES string of the molecule is O=C(O)C1CCn2nc(C3CCCO3)nc2C1. The number of carboxylic acid groups (broad SMARTS) is 1. The summed E-state index contributed by atoms with van der Waals surface area (Å²) in [4.78, 5) is 15.4. The average molecular weight is 237 g/mol. The summed E-state index contributed by atoms with van der Waals surface area (Å²) >= 11 is 0. The Balaban J connectivity index is 1.81. The standard InChI is InChI=1S/C11H15N3O3/c15-11(16)7-3-4-14-9(6-7)12-10(13-14)8-2-1-5-17-8/h7-8H,1-6H2,(H,15,16). The van der Waals surface area contributed by atoms with Gasteiger partial charge in [-0.25, -0.2) is 9.67 Å². The minimum absolute atomic E-state index is 0.0105. The van der Waals surface area contributed by atoms with E-state index in [4.69, 9.17) is 9.84 Å². The summed E-state index contributed by atoms with van der Waals surface area (Å²) in [5.74, 6) is 0.458. The second-order valence-corrected chi connectivity index (χ2v) is 4.64. The van der Waals surface area contributed by atoms with Crippen molar-refractivity contribution in [1.82, 2.24) is 14.8 Å². The molecule has 6 nitrogen and oxygen atoms in total. The molecule has 6 heteroatoms. The van der Waals surface area contributed by atoms with Crippen molar-refractivity contribution >= 4 is 5.97 Å². The maximum absolute atomic E-state index is 10.9. The predicted octanol–water partition coefficient (Wildman–Crippen LogP) is 0.777. The number of aryl methyl sites for hydroxylation is 1. The zero-order chi connectivity index (χ0) is 11.8. The van der Waals surface area contributed by atoms with Gasteiger partial charge in [0.25, 0.3) is 0 Å². The molecule has 1 saturated heterocycles. The summed E-state index contributed by atoms with van der Waals surface area (Å²) in [6, 6.07) is 0. The summed E-state index contributed by atoms with van der Waals surface area (Å²) in [5, 5.41) is 13.4. The monoisotopic (exact) mass is 237 g/mol. The van der Waals surface area contributed by atoms with Crippen LogP contribution in [0.1, 0.15) is 37.0 Å². The highest BCUT2D eigenvalue weighted by Gasteiger charge is 2.29. The highest BCUT2D eigenvalue weighted by Crippen LogP contribution is 2.28. The Morgan fingerprint density at radius 2 is 2.35 bits per heavy atom. The van der Waals surface area contributed by atoms with E-state index in [0.717, 1.165) is 31.1 Å². The minimum Gasteiger partial charge on any atom is -0.481 e. The number of aromatic nitrogens is 3. The molecule has 3 rings (SSSR count). The van der Waals surface area contributed by atoms with E-state index in [1.54, 1.807) is 0 Å². The minimum atomic E-state index is -0.738. The quantitative estimate of drug-likeness (QED) is 0.822. The number of carbonyl (C=O) groups is 1. The van der Waals surface area contributed by atoms with Gasteiger partial charge < -0.3 is 9.84 Å². The van der Waals surface area contributed by atoms with Gasteiger partial charge in [0.1, 0.15) is 11.9 Å². The smallest absolute Gasteiger partial charge is 0.307 e. The lowest BCUT2D eigenvalue weighted by Gasteiger charge is -2.17. The van der Waals surface area contributed by atoms with Gasteiger partial charge in [-0.05, 0) is 19.3 Å². The lowest BCUT2D eigenvalue weighted by molar-refractivity contribution is -0.142. The van der Waals surface area contributed by atoms with Crippen molar-refractivity contribution in [2.45, 2.75) is 38.3 Å². The predicted molar refractivity (Wildman–Crippen MR) is 57.4 cm³/mol. The second kappa shape index (κ2) is 4.10. The number of fused-ring (bicyclic) bond motifs is 1. The van der Waals surface area contributed by atoms with E-state index in [1.165, 1.54) is 0 Å². The first-order valence-electron chi connectivity index (χ1n) is 6.02. The van der Waals surface area contributed by atoms with E-state index in [2.05, 4.69) is 10.1 Å². The number of hydrogen-bond donors (Lipinski definition) is 1. The third kappa shape index (κ3) is 1.93. The van der Waals surface area contributed by atoms with Crippen LogP contribution in [0.2, 0.25) is 0 Å². The van der Waals surface area contributed by atoms with Crippen molar-refractivity contribution in [3.63, 3.8) is 0 Å². The molecule has 17 heavy (non-hydrogen) atoms. The Kier molecular flexibility index (Phi) is 2.58. The van der Waals surface area contributed by atoms with Crippen LogP contribution in [0.25, 0.3) is 0 Å². The van der Waals surface area contributed by atoms with Crippen LogP contribution >= 0.6 is 0 Å². The molecule has 1 fully saturated rings. The average Bonchev–Trinajstić information content (AvgIpc) is 2.96. The Hall–Kier alpha value is -1.43. The number of aliphatic carboxylic acids is 1. The molecule has 2 aliphatic heterocycles. The zero-order valence-corrected chi connectivity index (χ0v) is 9.50. The van der Waals surface area contributed by atoms with Crippen LogP contribution in [0.3, 0.4) is 0 Å². The molecule has 92 valence electrons. The van der Waals surface area contributed by atoms with E-state index in [1.807, 2.05) is 4.68 Å². The number of ether oxygens (including phenoxy) is 1. The van der Waals surface area contributed by atoms with Gasteiger partial charge in [-0.3, -0.25) is 4.79 Å². The van der Waals surface area contributed by atoms with Crippen molar-refractivity contribution in [1.29, 1.82) is 0 Å². The maximum Gasteiger partial charge on any atom is 0.307 e. The van der Waals surface area contributed by atoms with Crippen LogP contribution in [0.15, 0.2) is 0 Å². The van der Waals surface area contributed by atoms with Gasteiger partial charge in [-0.1, -0.05) is 0 Å². The van der Waals surface area contributed by atoms with Crippen molar-refractivity contribution in [3.8, 4) is 0 Å². The van der Waals surface area contributed by atoms with Crippen LogP contribution in [-0.4, -0.2) is 32.4 Å².